The van der Waals surface area contributed by atoms with Gasteiger partial charge in [0.2, 0.25) is 5.91 Å². The Morgan fingerprint density at radius 3 is 2.77 bits per heavy atom. The maximum Gasteiger partial charge on any atom is 0.243 e. The molecule has 1 aliphatic carbocycles. The Morgan fingerprint density at radius 2 is 2.09 bits per heavy atom. The van der Waals surface area contributed by atoms with E-state index in [-0.39, 0.29) is 12.5 Å². The van der Waals surface area contributed by atoms with E-state index < -0.39 is 0 Å². The van der Waals surface area contributed by atoms with Gasteiger partial charge < -0.3 is 16.0 Å². The van der Waals surface area contributed by atoms with Gasteiger partial charge in [0.1, 0.15) is 0 Å². The van der Waals surface area contributed by atoms with Crippen molar-refractivity contribution in [2.75, 3.05) is 18.9 Å². The standard InChI is InChI=1S/C17H24N4O/c1-3-13-7-6-10-15(11-13)20-16(22)12-19-17(18-2)21-14-8-4-5-9-14/h4-7,10-11,14H,3,8-9,12H2,1-2H3,(H,20,22)(H2,18,19,21). The average Bonchev–Trinajstić information content (AvgIpc) is 3.04. The third-order valence-electron chi connectivity index (χ3n) is 3.61. The van der Waals surface area contributed by atoms with Crippen molar-refractivity contribution in [1.82, 2.24) is 10.6 Å². The van der Waals surface area contributed by atoms with Crippen LogP contribution in [0.3, 0.4) is 0 Å². The number of hydrogen-bond acceptors (Lipinski definition) is 2. The van der Waals surface area contributed by atoms with Crippen LogP contribution < -0.4 is 16.0 Å². The molecule has 0 unspecified atom stereocenters. The van der Waals surface area contributed by atoms with Crippen LogP contribution in [0.25, 0.3) is 0 Å². The first-order valence-corrected chi connectivity index (χ1v) is 7.72. The summed E-state index contributed by atoms with van der Waals surface area (Å²) in [5.41, 5.74) is 2.03. The fraction of sp³-hybridized carbons (Fsp3) is 0.412. The predicted molar refractivity (Wildman–Crippen MR) is 91.1 cm³/mol. The summed E-state index contributed by atoms with van der Waals surface area (Å²) in [7, 11) is 1.71. The van der Waals surface area contributed by atoms with Gasteiger partial charge in [-0.25, -0.2) is 0 Å². The van der Waals surface area contributed by atoms with Crippen LogP contribution in [0.2, 0.25) is 0 Å². The first kappa shape index (κ1) is 16.1. The van der Waals surface area contributed by atoms with Crippen LogP contribution in [0.1, 0.15) is 25.3 Å². The minimum absolute atomic E-state index is 0.0826. The second-order valence-electron chi connectivity index (χ2n) is 5.31. The molecular weight excluding hydrogens is 276 g/mol. The Hall–Kier alpha value is -2.30. The molecule has 0 atom stereocenters. The topological polar surface area (TPSA) is 65.5 Å². The van der Waals surface area contributed by atoms with Gasteiger partial charge in [0, 0.05) is 18.8 Å². The maximum atomic E-state index is 12.0. The Kier molecular flexibility index (Phi) is 6.01. The van der Waals surface area contributed by atoms with Crippen molar-refractivity contribution >= 4 is 17.6 Å². The quantitative estimate of drug-likeness (QED) is 0.443. The number of aliphatic imine (C=N–C) groups is 1. The number of nitrogens with zero attached hydrogens (tertiary/aromatic N) is 1. The Bertz CT molecular complexity index is 558. The number of carbonyl (C=O) groups is 1. The number of benzene rings is 1. The number of aryl methyl sites for hydroxylation is 1. The molecule has 1 aliphatic rings. The third-order valence-corrected chi connectivity index (χ3v) is 3.61. The van der Waals surface area contributed by atoms with Crippen LogP contribution in [0.5, 0.6) is 0 Å². The van der Waals surface area contributed by atoms with Crippen LogP contribution >= 0.6 is 0 Å². The SMILES string of the molecule is CCc1cccc(NC(=O)CNC(=NC)NC2CC=CC2)c1. The zero-order valence-electron chi connectivity index (χ0n) is 13.2. The van der Waals surface area contributed by atoms with E-state index in [1.54, 1.807) is 7.05 Å². The second-order valence-corrected chi connectivity index (χ2v) is 5.31. The number of amides is 1. The highest BCUT2D eigenvalue weighted by atomic mass is 16.1. The molecule has 3 N–H and O–H groups in total. The zero-order valence-corrected chi connectivity index (χ0v) is 13.2. The molecule has 0 fully saturated rings. The van der Waals surface area contributed by atoms with Crippen LogP contribution in [0, 0.1) is 0 Å². The Labute approximate surface area is 131 Å². The molecule has 0 radical (unpaired) electrons. The van der Waals surface area contributed by atoms with E-state index in [9.17, 15) is 4.79 Å². The van der Waals surface area contributed by atoms with Gasteiger partial charge in [-0.3, -0.25) is 9.79 Å². The molecule has 5 heteroatoms. The number of anilines is 1. The van der Waals surface area contributed by atoms with Crippen LogP contribution in [-0.4, -0.2) is 31.5 Å². The summed E-state index contributed by atoms with van der Waals surface area (Å²) >= 11 is 0. The monoisotopic (exact) mass is 300 g/mol. The number of carbonyl (C=O) groups excluding carboxylic acids is 1. The lowest BCUT2D eigenvalue weighted by Gasteiger charge is -2.16. The third kappa shape index (κ3) is 4.91. The fourth-order valence-corrected chi connectivity index (χ4v) is 2.36. The van der Waals surface area contributed by atoms with Gasteiger partial charge in [-0.05, 0) is 37.0 Å². The molecule has 22 heavy (non-hydrogen) atoms. The lowest BCUT2D eigenvalue weighted by Crippen LogP contribution is -2.45. The summed E-state index contributed by atoms with van der Waals surface area (Å²) in [5.74, 6) is 0.576. The maximum absolute atomic E-state index is 12.0. The van der Waals surface area contributed by atoms with E-state index in [1.165, 1.54) is 5.56 Å². The number of guanidine groups is 1. The molecule has 1 aromatic rings. The molecule has 0 aromatic heterocycles. The molecule has 0 spiro atoms. The van der Waals surface area contributed by atoms with Crippen molar-refractivity contribution in [3.05, 3.63) is 42.0 Å². The summed E-state index contributed by atoms with van der Waals surface area (Å²) in [6, 6.07) is 8.27. The van der Waals surface area contributed by atoms with Crippen molar-refractivity contribution in [2.45, 2.75) is 32.2 Å². The molecule has 118 valence electrons. The molecule has 0 saturated carbocycles. The van der Waals surface area contributed by atoms with Crippen LogP contribution in [0.4, 0.5) is 5.69 Å². The first-order valence-electron chi connectivity index (χ1n) is 7.72. The summed E-state index contributed by atoms with van der Waals surface area (Å²) in [6.07, 6.45) is 7.25. The molecule has 2 rings (SSSR count). The van der Waals surface area contributed by atoms with Gasteiger partial charge in [0.25, 0.3) is 0 Å². The van der Waals surface area contributed by atoms with Crippen molar-refractivity contribution in [3.8, 4) is 0 Å². The fourth-order valence-electron chi connectivity index (χ4n) is 2.36. The number of nitrogens with one attached hydrogen (secondary N) is 3. The van der Waals surface area contributed by atoms with E-state index in [0.717, 1.165) is 24.9 Å². The molecule has 0 bridgehead atoms. The van der Waals surface area contributed by atoms with Crippen molar-refractivity contribution < 1.29 is 4.79 Å². The minimum atomic E-state index is -0.0826. The average molecular weight is 300 g/mol. The highest BCUT2D eigenvalue weighted by Crippen LogP contribution is 2.11. The molecule has 0 heterocycles. The molecule has 0 saturated heterocycles. The van der Waals surface area contributed by atoms with E-state index in [2.05, 4.69) is 46.1 Å². The molecule has 0 aliphatic heterocycles. The van der Waals surface area contributed by atoms with Crippen molar-refractivity contribution in [3.63, 3.8) is 0 Å². The Balaban J connectivity index is 1.78. The number of rotatable bonds is 5. The Morgan fingerprint density at radius 1 is 1.32 bits per heavy atom. The van der Waals surface area contributed by atoms with Gasteiger partial charge >= 0.3 is 0 Å². The summed E-state index contributed by atoms with van der Waals surface area (Å²) in [6.45, 7) is 2.28. The van der Waals surface area contributed by atoms with E-state index >= 15 is 0 Å². The minimum Gasteiger partial charge on any atom is -0.353 e. The van der Waals surface area contributed by atoms with Gasteiger partial charge in [0.15, 0.2) is 5.96 Å². The highest BCUT2D eigenvalue weighted by Gasteiger charge is 2.12. The van der Waals surface area contributed by atoms with Crippen molar-refractivity contribution in [1.29, 1.82) is 0 Å². The largest absolute Gasteiger partial charge is 0.353 e. The summed E-state index contributed by atoms with van der Waals surface area (Å²) in [4.78, 5) is 16.1. The molecule has 1 amide bonds. The lowest BCUT2D eigenvalue weighted by atomic mass is 10.1. The number of hydrogen-bond donors (Lipinski definition) is 3. The van der Waals surface area contributed by atoms with E-state index in [0.29, 0.717) is 12.0 Å². The van der Waals surface area contributed by atoms with Crippen LogP contribution in [0.15, 0.2) is 41.4 Å². The highest BCUT2D eigenvalue weighted by molar-refractivity contribution is 5.95. The lowest BCUT2D eigenvalue weighted by molar-refractivity contribution is -0.115. The van der Waals surface area contributed by atoms with Crippen LogP contribution in [-0.2, 0) is 11.2 Å². The zero-order chi connectivity index (χ0) is 15.8. The molecular formula is C17H24N4O. The van der Waals surface area contributed by atoms with Gasteiger partial charge in [-0.15, -0.1) is 0 Å². The summed E-state index contributed by atoms with van der Waals surface area (Å²) in [5, 5.41) is 9.24. The summed E-state index contributed by atoms with van der Waals surface area (Å²) < 4.78 is 0. The van der Waals surface area contributed by atoms with Gasteiger partial charge in [-0.2, -0.15) is 0 Å². The smallest absolute Gasteiger partial charge is 0.243 e. The van der Waals surface area contributed by atoms with E-state index in [4.69, 9.17) is 0 Å². The second kappa shape index (κ2) is 8.22. The van der Waals surface area contributed by atoms with Gasteiger partial charge in [0.05, 0.1) is 6.54 Å². The predicted octanol–water partition coefficient (Wildman–Crippen LogP) is 2.07. The molecule has 5 nitrogen and oxygen atoms in total. The first-order chi connectivity index (χ1) is 10.7. The van der Waals surface area contributed by atoms with E-state index in [1.807, 2.05) is 18.2 Å². The van der Waals surface area contributed by atoms with Gasteiger partial charge in [-0.1, -0.05) is 31.2 Å². The normalized spacial score (nSPS) is 14.9. The molecule has 1 aromatic carbocycles. The van der Waals surface area contributed by atoms with Crippen molar-refractivity contribution in [2.24, 2.45) is 4.99 Å².